The third-order valence-electron chi connectivity index (χ3n) is 3.74. The number of rotatable bonds is 5. The zero-order valence-electron chi connectivity index (χ0n) is 12.6. The number of hydrogen-bond acceptors (Lipinski definition) is 2. The maximum absolute atomic E-state index is 13.7. The molecular formula is C16H21F2NO2. The third kappa shape index (κ3) is 3.79. The highest BCUT2D eigenvalue weighted by atomic mass is 19.1. The van der Waals surface area contributed by atoms with E-state index in [-0.39, 0.29) is 29.9 Å². The molecule has 0 aromatic heterocycles. The van der Waals surface area contributed by atoms with Crippen LogP contribution in [0.25, 0.3) is 0 Å². The molecule has 3 nitrogen and oxygen atoms in total. The Morgan fingerprint density at radius 1 is 1.43 bits per heavy atom. The van der Waals surface area contributed by atoms with Crippen LogP contribution in [0.5, 0.6) is 0 Å². The van der Waals surface area contributed by atoms with Crippen LogP contribution in [0.3, 0.4) is 0 Å². The number of hydrogen-bond donors (Lipinski definition) is 1. The van der Waals surface area contributed by atoms with Gasteiger partial charge in [-0.25, -0.2) is 8.78 Å². The van der Waals surface area contributed by atoms with Gasteiger partial charge < -0.3 is 10.0 Å². The Hall–Kier alpha value is -1.49. The van der Waals surface area contributed by atoms with Crippen molar-refractivity contribution in [1.29, 1.82) is 0 Å². The molecule has 1 fully saturated rings. The normalized spacial score (nSPS) is 21.2. The van der Waals surface area contributed by atoms with E-state index < -0.39 is 17.2 Å². The molecule has 1 saturated carbocycles. The number of nitrogens with zero attached hydrogens (tertiary/aromatic N) is 1. The fraction of sp³-hybridized carbons (Fsp3) is 0.562. The predicted molar refractivity (Wildman–Crippen MR) is 75.8 cm³/mol. The Bertz CT molecular complexity index is 540. The summed E-state index contributed by atoms with van der Waals surface area (Å²) in [5.41, 5.74) is -0.701. The van der Waals surface area contributed by atoms with Crippen molar-refractivity contribution in [3.63, 3.8) is 0 Å². The lowest BCUT2D eigenvalue weighted by Crippen LogP contribution is -2.43. The Labute approximate surface area is 123 Å². The summed E-state index contributed by atoms with van der Waals surface area (Å²) in [6.07, 6.45) is 0.529. The van der Waals surface area contributed by atoms with Crippen LogP contribution in [0.2, 0.25) is 0 Å². The minimum atomic E-state index is -0.972. The second-order valence-electron chi connectivity index (χ2n) is 6.28. The fourth-order valence-corrected chi connectivity index (χ4v) is 2.66. The average Bonchev–Trinajstić information content (AvgIpc) is 3.17. The van der Waals surface area contributed by atoms with Gasteiger partial charge in [0.15, 0.2) is 0 Å². The summed E-state index contributed by atoms with van der Waals surface area (Å²) in [6.45, 7) is 5.83. The zero-order valence-corrected chi connectivity index (χ0v) is 12.6. The zero-order chi connectivity index (χ0) is 15.8. The topological polar surface area (TPSA) is 40.5 Å². The molecule has 0 aliphatic heterocycles. The van der Waals surface area contributed by atoms with E-state index in [1.54, 1.807) is 18.7 Å². The van der Waals surface area contributed by atoms with E-state index in [9.17, 15) is 18.7 Å². The summed E-state index contributed by atoms with van der Waals surface area (Å²) < 4.78 is 26.9. The van der Waals surface area contributed by atoms with E-state index in [0.29, 0.717) is 13.0 Å². The Morgan fingerprint density at radius 2 is 2.10 bits per heavy atom. The molecule has 0 spiro atoms. The number of amides is 1. The first-order valence-corrected chi connectivity index (χ1v) is 7.19. The summed E-state index contributed by atoms with van der Waals surface area (Å²) in [5.74, 6) is -1.64. The minimum Gasteiger partial charge on any atom is -0.389 e. The Morgan fingerprint density at radius 3 is 2.67 bits per heavy atom. The van der Waals surface area contributed by atoms with Gasteiger partial charge in [0, 0.05) is 19.0 Å². The van der Waals surface area contributed by atoms with Crippen LogP contribution < -0.4 is 0 Å². The van der Waals surface area contributed by atoms with E-state index in [1.807, 2.05) is 6.92 Å². The lowest BCUT2D eigenvalue weighted by Gasteiger charge is -2.28. The van der Waals surface area contributed by atoms with Gasteiger partial charge in [0.25, 0.3) is 0 Å². The fourth-order valence-electron chi connectivity index (χ4n) is 2.66. The molecule has 2 unspecified atom stereocenters. The van der Waals surface area contributed by atoms with Crippen LogP contribution in [-0.4, -0.2) is 34.6 Å². The number of halogens is 2. The predicted octanol–water partition coefficient (Wildman–Crippen LogP) is 2.69. The van der Waals surface area contributed by atoms with Crippen molar-refractivity contribution in [1.82, 2.24) is 4.90 Å². The van der Waals surface area contributed by atoms with Gasteiger partial charge in [-0.1, -0.05) is 0 Å². The summed E-state index contributed by atoms with van der Waals surface area (Å²) >= 11 is 0. The van der Waals surface area contributed by atoms with Crippen molar-refractivity contribution in [3.05, 3.63) is 35.4 Å². The van der Waals surface area contributed by atoms with E-state index in [1.165, 1.54) is 6.07 Å². The molecule has 1 aromatic rings. The number of aliphatic hydroxyl groups is 1. The molecule has 0 saturated heterocycles. The second-order valence-corrected chi connectivity index (χ2v) is 6.28. The third-order valence-corrected chi connectivity index (χ3v) is 3.74. The van der Waals surface area contributed by atoms with Crippen molar-refractivity contribution in [2.24, 2.45) is 5.92 Å². The first kappa shape index (κ1) is 15.9. The van der Waals surface area contributed by atoms with E-state index in [0.717, 1.165) is 12.1 Å². The molecule has 21 heavy (non-hydrogen) atoms. The van der Waals surface area contributed by atoms with Gasteiger partial charge in [0.1, 0.15) is 11.6 Å². The summed E-state index contributed by atoms with van der Waals surface area (Å²) in [4.78, 5) is 14.0. The molecule has 0 bridgehead atoms. The number of carbonyl (C=O) groups is 1. The van der Waals surface area contributed by atoms with Gasteiger partial charge >= 0.3 is 0 Å². The molecular weight excluding hydrogens is 276 g/mol. The first-order chi connectivity index (χ1) is 9.73. The molecule has 2 atom stereocenters. The molecule has 1 aliphatic carbocycles. The molecule has 116 valence electrons. The highest BCUT2D eigenvalue weighted by Gasteiger charge is 2.47. The van der Waals surface area contributed by atoms with Gasteiger partial charge in [-0.05, 0) is 56.9 Å². The highest BCUT2D eigenvalue weighted by Crippen LogP contribution is 2.49. The SMILES string of the molecule is CCN(CC(C)(C)O)C(=O)C1CC1c1cc(F)ccc1F. The standard InChI is InChI=1S/C16H21F2NO2/c1-4-19(9-16(2,3)21)15(20)13-8-11(13)12-7-10(17)5-6-14(12)18/h5-7,11,13,21H,4,8-9H2,1-3H3. The van der Waals surface area contributed by atoms with Crippen LogP contribution in [0.1, 0.15) is 38.7 Å². The number of carbonyl (C=O) groups excluding carboxylic acids is 1. The molecule has 2 rings (SSSR count). The molecule has 0 radical (unpaired) electrons. The van der Waals surface area contributed by atoms with Crippen molar-refractivity contribution in [3.8, 4) is 0 Å². The number of likely N-dealkylation sites (N-methyl/N-ethyl adjacent to an activating group) is 1. The quantitative estimate of drug-likeness (QED) is 0.908. The highest BCUT2D eigenvalue weighted by molar-refractivity contribution is 5.83. The van der Waals surface area contributed by atoms with Crippen LogP contribution in [0.15, 0.2) is 18.2 Å². The van der Waals surface area contributed by atoms with Crippen LogP contribution >= 0.6 is 0 Å². The van der Waals surface area contributed by atoms with E-state index >= 15 is 0 Å². The molecule has 1 aromatic carbocycles. The van der Waals surface area contributed by atoms with Crippen molar-refractivity contribution in [2.45, 2.75) is 38.7 Å². The monoisotopic (exact) mass is 297 g/mol. The molecule has 1 aliphatic rings. The Balaban J connectivity index is 2.08. The van der Waals surface area contributed by atoms with Gasteiger partial charge in [-0.3, -0.25) is 4.79 Å². The van der Waals surface area contributed by atoms with Crippen LogP contribution in [-0.2, 0) is 4.79 Å². The summed E-state index contributed by atoms with van der Waals surface area (Å²) in [6, 6.07) is 3.34. The molecule has 1 amide bonds. The van der Waals surface area contributed by atoms with Crippen LogP contribution in [0, 0.1) is 17.6 Å². The summed E-state index contributed by atoms with van der Waals surface area (Å²) in [5, 5.41) is 9.83. The van der Waals surface area contributed by atoms with Gasteiger partial charge in [-0.15, -0.1) is 0 Å². The lowest BCUT2D eigenvalue weighted by atomic mass is 10.1. The first-order valence-electron chi connectivity index (χ1n) is 7.19. The molecule has 5 heteroatoms. The average molecular weight is 297 g/mol. The van der Waals surface area contributed by atoms with E-state index in [4.69, 9.17) is 0 Å². The van der Waals surface area contributed by atoms with Gasteiger partial charge in [0.2, 0.25) is 5.91 Å². The molecule has 1 N–H and O–H groups in total. The van der Waals surface area contributed by atoms with Crippen molar-refractivity contribution in [2.75, 3.05) is 13.1 Å². The van der Waals surface area contributed by atoms with Crippen molar-refractivity contribution < 1.29 is 18.7 Å². The maximum Gasteiger partial charge on any atom is 0.226 e. The summed E-state index contributed by atoms with van der Waals surface area (Å²) in [7, 11) is 0. The van der Waals surface area contributed by atoms with Crippen LogP contribution in [0.4, 0.5) is 8.78 Å². The van der Waals surface area contributed by atoms with Gasteiger partial charge in [0.05, 0.1) is 5.60 Å². The smallest absolute Gasteiger partial charge is 0.226 e. The Kier molecular flexibility index (Phi) is 4.33. The largest absolute Gasteiger partial charge is 0.389 e. The lowest BCUT2D eigenvalue weighted by molar-refractivity contribution is -0.135. The molecule has 0 heterocycles. The van der Waals surface area contributed by atoms with E-state index in [2.05, 4.69) is 0 Å². The maximum atomic E-state index is 13.7. The van der Waals surface area contributed by atoms with Crippen molar-refractivity contribution >= 4 is 5.91 Å². The minimum absolute atomic E-state index is 0.103. The second kappa shape index (κ2) is 5.72. The van der Waals surface area contributed by atoms with Gasteiger partial charge in [-0.2, -0.15) is 0 Å². The number of benzene rings is 1.